The number of sulfonamides is 1. The summed E-state index contributed by atoms with van der Waals surface area (Å²) in [6, 6.07) is 5.75. The molecule has 1 fully saturated rings. The van der Waals surface area contributed by atoms with E-state index in [2.05, 4.69) is 10.3 Å². The Balaban J connectivity index is 1.97. The highest BCUT2D eigenvalue weighted by Gasteiger charge is 2.24. The smallest absolute Gasteiger partial charge is 0.215 e. The van der Waals surface area contributed by atoms with Gasteiger partial charge in [-0.05, 0) is 38.4 Å². The van der Waals surface area contributed by atoms with Gasteiger partial charge in [0, 0.05) is 18.8 Å². The molecule has 1 saturated heterocycles. The summed E-state index contributed by atoms with van der Waals surface area (Å²) in [7, 11) is -1.61. The summed E-state index contributed by atoms with van der Waals surface area (Å²) >= 11 is 0. The minimum atomic E-state index is -3.24. The van der Waals surface area contributed by atoms with Crippen LogP contribution in [0.4, 0.5) is 0 Å². The van der Waals surface area contributed by atoms with Crippen molar-refractivity contribution in [2.24, 2.45) is 0 Å². The van der Waals surface area contributed by atoms with E-state index < -0.39 is 10.0 Å². The molecule has 112 valence electrons. The van der Waals surface area contributed by atoms with E-state index in [1.54, 1.807) is 7.05 Å². The molecule has 2 rings (SSSR count). The summed E-state index contributed by atoms with van der Waals surface area (Å²) in [4.78, 5) is 4.35. The summed E-state index contributed by atoms with van der Waals surface area (Å²) < 4.78 is 26.1. The van der Waals surface area contributed by atoms with E-state index in [-0.39, 0.29) is 11.8 Å². The third-order valence-electron chi connectivity index (χ3n) is 3.63. The van der Waals surface area contributed by atoms with Crippen LogP contribution in [0, 0.1) is 6.92 Å². The second-order valence-corrected chi connectivity index (χ2v) is 7.57. The maximum Gasteiger partial charge on any atom is 0.215 e. The average Bonchev–Trinajstić information content (AvgIpc) is 2.39. The number of nitrogens with zero attached hydrogens (tertiary/aromatic N) is 2. The van der Waals surface area contributed by atoms with Crippen molar-refractivity contribution in [2.75, 3.05) is 19.3 Å². The molecular weight excluding hydrogens is 274 g/mol. The minimum Gasteiger partial charge on any atom is -0.313 e. The van der Waals surface area contributed by atoms with Crippen LogP contribution in [0.25, 0.3) is 0 Å². The number of hydrogen-bond donors (Lipinski definition) is 1. The van der Waals surface area contributed by atoms with E-state index >= 15 is 0 Å². The van der Waals surface area contributed by atoms with Crippen LogP contribution in [0.3, 0.4) is 0 Å². The van der Waals surface area contributed by atoms with E-state index in [1.165, 1.54) is 4.31 Å². The molecule has 2 heterocycles. The number of piperidine rings is 1. The van der Waals surface area contributed by atoms with E-state index in [0.717, 1.165) is 37.2 Å². The van der Waals surface area contributed by atoms with Crippen LogP contribution < -0.4 is 5.32 Å². The lowest BCUT2D eigenvalue weighted by Crippen LogP contribution is -2.43. The zero-order chi connectivity index (χ0) is 14.6. The summed E-state index contributed by atoms with van der Waals surface area (Å²) in [6.07, 6.45) is 3.19. The fourth-order valence-corrected chi connectivity index (χ4v) is 3.84. The quantitative estimate of drug-likeness (QED) is 0.889. The first-order valence-electron chi connectivity index (χ1n) is 7.07. The van der Waals surface area contributed by atoms with Gasteiger partial charge in [-0.2, -0.15) is 4.31 Å². The molecule has 1 unspecified atom stereocenters. The predicted octanol–water partition coefficient (Wildman–Crippen LogP) is 1.29. The Morgan fingerprint density at radius 3 is 2.85 bits per heavy atom. The molecule has 1 atom stereocenters. The molecule has 0 spiro atoms. The SMILES string of the molecule is Cc1cccc(CN(C)S(=O)(=O)CC2CCCCN2)n1. The molecule has 0 amide bonds. The maximum atomic E-state index is 12.3. The molecule has 0 bridgehead atoms. The first kappa shape index (κ1) is 15.4. The molecule has 1 aromatic rings. The highest BCUT2D eigenvalue weighted by molar-refractivity contribution is 7.89. The van der Waals surface area contributed by atoms with Crippen molar-refractivity contribution in [2.45, 2.75) is 38.8 Å². The van der Waals surface area contributed by atoms with E-state index in [9.17, 15) is 8.42 Å². The van der Waals surface area contributed by atoms with Crippen molar-refractivity contribution < 1.29 is 8.42 Å². The molecule has 0 aromatic carbocycles. The van der Waals surface area contributed by atoms with E-state index in [1.807, 2.05) is 25.1 Å². The molecule has 20 heavy (non-hydrogen) atoms. The van der Waals surface area contributed by atoms with Crippen molar-refractivity contribution in [3.05, 3.63) is 29.6 Å². The summed E-state index contributed by atoms with van der Waals surface area (Å²) in [5.74, 6) is 0.176. The topological polar surface area (TPSA) is 62.3 Å². The van der Waals surface area contributed by atoms with Gasteiger partial charge in [0.15, 0.2) is 0 Å². The number of aromatic nitrogens is 1. The normalized spacial score (nSPS) is 20.2. The lowest BCUT2D eigenvalue weighted by Gasteiger charge is -2.25. The molecule has 5 nitrogen and oxygen atoms in total. The highest BCUT2D eigenvalue weighted by atomic mass is 32.2. The van der Waals surface area contributed by atoms with Crippen molar-refractivity contribution >= 4 is 10.0 Å². The Labute approximate surface area is 121 Å². The first-order valence-corrected chi connectivity index (χ1v) is 8.68. The van der Waals surface area contributed by atoms with Gasteiger partial charge in [-0.25, -0.2) is 8.42 Å². The van der Waals surface area contributed by atoms with Crippen LogP contribution in [-0.4, -0.2) is 43.1 Å². The van der Waals surface area contributed by atoms with Crippen LogP contribution in [0.15, 0.2) is 18.2 Å². The maximum absolute atomic E-state index is 12.3. The summed E-state index contributed by atoms with van der Waals surface area (Å²) in [5.41, 5.74) is 1.69. The van der Waals surface area contributed by atoms with Crippen LogP contribution in [0.2, 0.25) is 0 Å². The lowest BCUT2D eigenvalue weighted by atomic mass is 10.1. The number of rotatable bonds is 5. The Hall–Kier alpha value is -0.980. The van der Waals surface area contributed by atoms with Crippen molar-refractivity contribution in [3.8, 4) is 0 Å². The Morgan fingerprint density at radius 2 is 2.20 bits per heavy atom. The van der Waals surface area contributed by atoms with Crippen LogP contribution in [0.5, 0.6) is 0 Å². The van der Waals surface area contributed by atoms with Gasteiger partial charge in [-0.1, -0.05) is 12.5 Å². The third kappa shape index (κ3) is 4.26. The number of pyridine rings is 1. The fourth-order valence-electron chi connectivity index (χ4n) is 2.46. The van der Waals surface area contributed by atoms with Gasteiger partial charge in [-0.3, -0.25) is 4.98 Å². The summed E-state index contributed by atoms with van der Waals surface area (Å²) in [5, 5.41) is 3.28. The van der Waals surface area contributed by atoms with Crippen molar-refractivity contribution in [1.29, 1.82) is 0 Å². The largest absolute Gasteiger partial charge is 0.313 e. The predicted molar refractivity (Wildman–Crippen MR) is 79.9 cm³/mol. The molecular formula is C14H23N3O2S. The van der Waals surface area contributed by atoms with Gasteiger partial charge in [0.2, 0.25) is 10.0 Å². The van der Waals surface area contributed by atoms with Gasteiger partial charge in [-0.15, -0.1) is 0 Å². The molecule has 1 aliphatic rings. The fraction of sp³-hybridized carbons (Fsp3) is 0.643. The second-order valence-electron chi connectivity index (χ2n) is 5.45. The molecule has 1 aromatic heterocycles. The average molecular weight is 297 g/mol. The summed E-state index contributed by atoms with van der Waals surface area (Å²) in [6.45, 7) is 3.16. The van der Waals surface area contributed by atoms with Crippen molar-refractivity contribution in [3.63, 3.8) is 0 Å². The second kappa shape index (κ2) is 6.65. The van der Waals surface area contributed by atoms with Gasteiger partial charge in [0.05, 0.1) is 18.0 Å². The Kier molecular flexibility index (Phi) is 5.12. The highest BCUT2D eigenvalue weighted by Crippen LogP contribution is 2.13. The Morgan fingerprint density at radius 1 is 1.40 bits per heavy atom. The molecule has 1 N–H and O–H groups in total. The van der Waals surface area contributed by atoms with Crippen LogP contribution in [0.1, 0.15) is 30.7 Å². The molecule has 0 aliphatic carbocycles. The molecule has 1 aliphatic heterocycles. The van der Waals surface area contributed by atoms with E-state index in [0.29, 0.717) is 6.54 Å². The zero-order valence-electron chi connectivity index (χ0n) is 12.2. The van der Waals surface area contributed by atoms with Gasteiger partial charge < -0.3 is 5.32 Å². The lowest BCUT2D eigenvalue weighted by molar-refractivity contribution is 0.407. The monoisotopic (exact) mass is 297 g/mol. The zero-order valence-corrected chi connectivity index (χ0v) is 13.0. The van der Waals surface area contributed by atoms with Gasteiger partial charge in [0.1, 0.15) is 0 Å². The molecule has 0 saturated carbocycles. The first-order chi connectivity index (χ1) is 9.47. The number of hydrogen-bond acceptors (Lipinski definition) is 4. The Bertz CT molecular complexity index is 539. The third-order valence-corrected chi connectivity index (χ3v) is 5.53. The van der Waals surface area contributed by atoms with Crippen LogP contribution in [-0.2, 0) is 16.6 Å². The molecule has 6 heteroatoms. The standard InChI is InChI=1S/C14H23N3O2S/c1-12-6-5-8-13(16-12)10-17(2)20(18,19)11-14-7-3-4-9-15-14/h5-6,8,14-15H,3-4,7,9-11H2,1-2H3. The van der Waals surface area contributed by atoms with Crippen molar-refractivity contribution in [1.82, 2.24) is 14.6 Å². The van der Waals surface area contributed by atoms with Gasteiger partial charge >= 0.3 is 0 Å². The van der Waals surface area contributed by atoms with Crippen LogP contribution >= 0.6 is 0 Å². The van der Waals surface area contributed by atoms with E-state index in [4.69, 9.17) is 0 Å². The molecule has 0 radical (unpaired) electrons. The number of aryl methyl sites for hydroxylation is 1. The van der Waals surface area contributed by atoms with Gasteiger partial charge in [0.25, 0.3) is 0 Å². The number of nitrogens with one attached hydrogen (secondary N) is 1. The minimum absolute atomic E-state index is 0.0849.